The van der Waals surface area contributed by atoms with E-state index >= 15 is 0 Å². The molecule has 0 amide bonds. The first-order chi connectivity index (χ1) is 5.86. The fourth-order valence-corrected chi connectivity index (χ4v) is 2.10. The van der Waals surface area contributed by atoms with Crippen LogP contribution in [0.15, 0.2) is 0 Å². The van der Waals surface area contributed by atoms with Crippen molar-refractivity contribution in [3.8, 4) is 0 Å². The molecule has 0 aromatic heterocycles. The Bertz CT molecular complexity index is 137. The predicted molar refractivity (Wildman–Crippen MR) is 45.5 cm³/mol. The summed E-state index contributed by atoms with van der Waals surface area (Å²) in [5.74, 6) is 0. The maximum atomic E-state index is 9.31. The smallest absolute Gasteiger partial charge is 0.0698 e. The average molecular weight is 171 g/mol. The second-order valence-corrected chi connectivity index (χ2v) is 3.79. The van der Waals surface area contributed by atoms with Gasteiger partial charge in [-0.1, -0.05) is 0 Å². The van der Waals surface area contributed by atoms with Gasteiger partial charge in [0.05, 0.1) is 12.7 Å². The molecule has 0 aromatic rings. The second-order valence-electron chi connectivity index (χ2n) is 3.79. The van der Waals surface area contributed by atoms with Crippen LogP contribution in [0.25, 0.3) is 0 Å². The molecule has 0 atom stereocenters. The summed E-state index contributed by atoms with van der Waals surface area (Å²) in [6.07, 6.45) is 5.21. The van der Waals surface area contributed by atoms with Crippen molar-refractivity contribution >= 4 is 0 Å². The summed E-state index contributed by atoms with van der Waals surface area (Å²) in [7, 11) is 0. The van der Waals surface area contributed by atoms with E-state index < -0.39 is 0 Å². The SMILES string of the molecule is OC1CCC(N2CCCO2)CC1. The molecule has 2 fully saturated rings. The first kappa shape index (κ1) is 8.48. The molecule has 70 valence electrons. The predicted octanol–water partition coefficient (Wildman–Crippen LogP) is 0.927. The van der Waals surface area contributed by atoms with E-state index in [4.69, 9.17) is 4.84 Å². The van der Waals surface area contributed by atoms with Crippen molar-refractivity contribution in [1.82, 2.24) is 5.06 Å². The number of hydroxylamine groups is 2. The normalized spacial score (nSPS) is 38.8. The van der Waals surface area contributed by atoms with Crippen LogP contribution in [0.5, 0.6) is 0 Å². The van der Waals surface area contributed by atoms with Crippen molar-refractivity contribution in [2.24, 2.45) is 0 Å². The van der Waals surface area contributed by atoms with Crippen LogP contribution in [0, 0.1) is 0 Å². The lowest BCUT2D eigenvalue weighted by Gasteiger charge is -2.31. The Balaban J connectivity index is 1.80. The minimum atomic E-state index is -0.0520. The lowest BCUT2D eigenvalue weighted by atomic mass is 9.93. The Morgan fingerprint density at radius 3 is 2.50 bits per heavy atom. The fraction of sp³-hybridized carbons (Fsp3) is 1.00. The van der Waals surface area contributed by atoms with Crippen LogP contribution in [-0.2, 0) is 4.84 Å². The zero-order chi connectivity index (χ0) is 8.39. The number of aliphatic hydroxyl groups excluding tert-OH is 1. The highest BCUT2D eigenvalue weighted by atomic mass is 16.7. The van der Waals surface area contributed by atoms with Gasteiger partial charge in [-0.3, -0.25) is 4.84 Å². The highest BCUT2D eigenvalue weighted by molar-refractivity contribution is 4.77. The van der Waals surface area contributed by atoms with Crippen molar-refractivity contribution in [2.45, 2.75) is 44.2 Å². The largest absolute Gasteiger partial charge is 0.393 e. The lowest BCUT2D eigenvalue weighted by molar-refractivity contribution is -0.152. The van der Waals surface area contributed by atoms with Crippen LogP contribution < -0.4 is 0 Å². The summed E-state index contributed by atoms with van der Waals surface area (Å²) in [5, 5.41) is 11.4. The third-order valence-electron chi connectivity index (χ3n) is 2.85. The van der Waals surface area contributed by atoms with Crippen LogP contribution >= 0.6 is 0 Å². The van der Waals surface area contributed by atoms with Crippen LogP contribution in [0.3, 0.4) is 0 Å². The minimum Gasteiger partial charge on any atom is -0.393 e. The molecule has 12 heavy (non-hydrogen) atoms. The van der Waals surface area contributed by atoms with Gasteiger partial charge in [-0.2, -0.15) is 5.06 Å². The molecule has 1 aliphatic heterocycles. The molecule has 1 aliphatic carbocycles. The summed E-state index contributed by atoms with van der Waals surface area (Å²) in [6.45, 7) is 1.97. The Morgan fingerprint density at radius 2 is 1.92 bits per heavy atom. The lowest BCUT2D eigenvalue weighted by Crippen LogP contribution is -2.36. The van der Waals surface area contributed by atoms with Crippen LogP contribution in [0.2, 0.25) is 0 Å². The Morgan fingerprint density at radius 1 is 1.17 bits per heavy atom. The molecule has 3 heteroatoms. The highest BCUT2D eigenvalue weighted by Crippen LogP contribution is 2.25. The van der Waals surface area contributed by atoms with Crippen LogP contribution in [0.1, 0.15) is 32.1 Å². The van der Waals surface area contributed by atoms with Gasteiger partial charge in [0.25, 0.3) is 0 Å². The zero-order valence-electron chi connectivity index (χ0n) is 7.41. The molecule has 0 radical (unpaired) electrons. The summed E-state index contributed by atoms with van der Waals surface area (Å²) >= 11 is 0. The Kier molecular flexibility index (Phi) is 2.63. The van der Waals surface area contributed by atoms with Gasteiger partial charge in [-0.05, 0) is 32.1 Å². The summed E-state index contributed by atoms with van der Waals surface area (Å²) < 4.78 is 0. The molecule has 1 N–H and O–H groups in total. The van der Waals surface area contributed by atoms with Gasteiger partial charge in [0.2, 0.25) is 0 Å². The minimum absolute atomic E-state index is 0.0520. The molecular formula is C9H17NO2. The van der Waals surface area contributed by atoms with Crippen LogP contribution in [-0.4, -0.2) is 35.5 Å². The third kappa shape index (κ3) is 1.79. The van der Waals surface area contributed by atoms with E-state index in [0.29, 0.717) is 6.04 Å². The van der Waals surface area contributed by atoms with Gasteiger partial charge in [0.1, 0.15) is 0 Å². The highest BCUT2D eigenvalue weighted by Gasteiger charge is 2.27. The topological polar surface area (TPSA) is 32.7 Å². The second kappa shape index (κ2) is 3.73. The van der Waals surface area contributed by atoms with E-state index in [2.05, 4.69) is 5.06 Å². The number of hydrogen-bond acceptors (Lipinski definition) is 3. The molecule has 0 aromatic carbocycles. The van der Waals surface area contributed by atoms with Gasteiger partial charge in [0, 0.05) is 12.6 Å². The molecule has 1 saturated heterocycles. The summed E-state index contributed by atoms with van der Waals surface area (Å²) in [5.41, 5.74) is 0. The van der Waals surface area contributed by atoms with E-state index in [1.165, 1.54) is 6.42 Å². The molecule has 0 bridgehead atoms. The van der Waals surface area contributed by atoms with Crippen molar-refractivity contribution in [3.63, 3.8) is 0 Å². The molecule has 0 spiro atoms. The van der Waals surface area contributed by atoms with E-state index in [0.717, 1.165) is 38.8 Å². The number of rotatable bonds is 1. The van der Waals surface area contributed by atoms with Crippen molar-refractivity contribution in [1.29, 1.82) is 0 Å². The first-order valence-electron chi connectivity index (χ1n) is 4.94. The number of aliphatic hydroxyl groups is 1. The monoisotopic (exact) mass is 171 g/mol. The number of nitrogens with zero attached hydrogens (tertiary/aromatic N) is 1. The molecule has 1 saturated carbocycles. The molecule has 2 aliphatic rings. The van der Waals surface area contributed by atoms with Crippen molar-refractivity contribution in [3.05, 3.63) is 0 Å². The van der Waals surface area contributed by atoms with Gasteiger partial charge >= 0.3 is 0 Å². The number of hydrogen-bond donors (Lipinski definition) is 1. The van der Waals surface area contributed by atoms with Crippen LogP contribution in [0.4, 0.5) is 0 Å². The molecule has 1 heterocycles. The quantitative estimate of drug-likeness (QED) is 0.637. The van der Waals surface area contributed by atoms with Crippen molar-refractivity contribution < 1.29 is 9.94 Å². The van der Waals surface area contributed by atoms with Gasteiger partial charge in [0.15, 0.2) is 0 Å². The van der Waals surface area contributed by atoms with Gasteiger partial charge in [-0.25, -0.2) is 0 Å². The van der Waals surface area contributed by atoms with E-state index in [9.17, 15) is 5.11 Å². The molecule has 3 nitrogen and oxygen atoms in total. The fourth-order valence-electron chi connectivity index (χ4n) is 2.10. The Labute approximate surface area is 73.3 Å². The maximum Gasteiger partial charge on any atom is 0.0698 e. The van der Waals surface area contributed by atoms with Gasteiger partial charge < -0.3 is 5.11 Å². The first-order valence-corrected chi connectivity index (χ1v) is 4.94. The molecule has 0 unspecified atom stereocenters. The zero-order valence-corrected chi connectivity index (χ0v) is 7.41. The maximum absolute atomic E-state index is 9.31. The molecule has 2 rings (SSSR count). The third-order valence-corrected chi connectivity index (χ3v) is 2.85. The van der Waals surface area contributed by atoms with E-state index in [1.54, 1.807) is 0 Å². The summed E-state index contributed by atoms with van der Waals surface area (Å²) in [4.78, 5) is 5.48. The average Bonchev–Trinajstić information content (AvgIpc) is 2.58. The summed E-state index contributed by atoms with van der Waals surface area (Å²) in [6, 6.07) is 0.580. The van der Waals surface area contributed by atoms with E-state index in [1.807, 2.05) is 0 Å². The Hall–Kier alpha value is -0.120. The van der Waals surface area contributed by atoms with Gasteiger partial charge in [-0.15, -0.1) is 0 Å². The van der Waals surface area contributed by atoms with E-state index in [-0.39, 0.29) is 6.10 Å². The standard InChI is InChI=1S/C9H17NO2/c11-9-4-2-8(3-5-9)10-6-1-7-12-10/h8-9,11H,1-7H2. The van der Waals surface area contributed by atoms with Crippen molar-refractivity contribution in [2.75, 3.05) is 13.2 Å². The molecular weight excluding hydrogens is 154 g/mol.